The standard InChI is InChI=1S/C11H15N3O2S/c1-3-14(7-9(15)16-2)8-5-4-6-13-10(8)11(12)17/h4-6H,3,7H2,1-2H3,(H2,12,17). The number of methoxy groups -OCH3 is 1. The van der Waals surface area contributed by atoms with Gasteiger partial charge in [-0.25, -0.2) is 0 Å². The summed E-state index contributed by atoms with van der Waals surface area (Å²) in [7, 11) is 1.36. The molecule has 1 heterocycles. The fourth-order valence-corrected chi connectivity index (χ4v) is 1.59. The van der Waals surface area contributed by atoms with Crippen LogP contribution < -0.4 is 10.6 Å². The normalized spacial score (nSPS) is 9.76. The Morgan fingerprint density at radius 3 is 2.88 bits per heavy atom. The predicted octanol–water partition coefficient (Wildman–Crippen LogP) is 0.715. The van der Waals surface area contributed by atoms with Crippen molar-refractivity contribution >= 4 is 28.9 Å². The van der Waals surface area contributed by atoms with Crippen molar-refractivity contribution < 1.29 is 9.53 Å². The van der Waals surface area contributed by atoms with Gasteiger partial charge in [-0.1, -0.05) is 12.2 Å². The van der Waals surface area contributed by atoms with E-state index >= 15 is 0 Å². The molecule has 17 heavy (non-hydrogen) atoms. The van der Waals surface area contributed by atoms with Crippen molar-refractivity contribution in [3.8, 4) is 0 Å². The molecule has 0 unspecified atom stereocenters. The number of anilines is 1. The van der Waals surface area contributed by atoms with Crippen LogP contribution in [0, 0.1) is 0 Å². The number of hydrogen-bond acceptors (Lipinski definition) is 5. The van der Waals surface area contributed by atoms with Gasteiger partial charge in [0.1, 0.15) is 17.2 Å². The summed E-state index contributed by atoms with van der Waals surface area (Å²) in [5, 5.41) is 0. The SMILES string of the molecule is CCN(CC(=O)OC)c1cccnc1C(N)=S. The maximum absolute atomic E-state index is 11.3. The van der Waals surface area contributed by atoms with E-state index in [1.54, 1.807) is 12.3 Å². The minimum absolute atomic E-state index is 0.147. The molecule has 0 atom stereocenters. The predicted molar refractivity (Wildman–Crippen MR) is 70.0 cm³/mol. The molecule has 1 aromatic heterocycles. The number of carbonyl (C=O) groups is 1. The average molecular weight is 253 g/mol. The molecule has 0 saturated heterocycles. The van der Waals surface area contributed by atoms with Crippen molar-refractivity contribution in [2.75, 3.05) is 25.1 Å². The van der Waals surface area contributed by atoms with E-state index in [4.69, 9.17) is 18.0 Å². The Balaban J connectivity index is 3.03. The Morgan fingerprint density at radius 1 is 1.65 bits per heavy atom. The smallest absolute Gasteiger partial charge is 0.325 e. The highest BCUT2D eigenvalue weighted by Gasteiger charge is 2.15. The van der Waals surface area contributed by atoms with Crippen molar-refractivity contribution in [2.24, 2.45) is 5.73 Å². The second kappa shape index (κ2) is 6.15. The molecule has 0 aromatic carbocycles. The van der Waals surface area contributed by atoms with Crippen LogP contribution in [0.1, 0.15) is 12.6 Å². The number of nitrogens with two attached hydrogens (primary N) is 1. The van der Waals surface area contributed by atoms with Gasteiger partial charge in [0.15, 0.2) is 0 Å². The zero-order chi connectivity index (χ0) is 12.8. The highest BCUT2D eigenvalue weighted by atomic mass is 32.1. The third-order valence-corrected chi connectivity index (χ3v) is 2.48. The van der Waals surface area contributed by atoms with Crippen LogP contribution in [-0.2, 0) is 9.53 Å². The van der Waals surface area contributed by atoms with E-state index in [1.165, 1.54) is 7.11 Å². The molecule has 1 aromatic rings. The van der Waals surface area contributed by atoms with Crippen molar-refractivity contribution in [1.82, 2.24) is 4.98 Å². The minimum atomic E-state index is -0.315. The number of pyridine rings is 1. The van der Waals surface area contributed by atoms with Gasteiger partial charge in [-0.2, -0.15) is 0 Å². The first-order valence-corrected chi connectivity index (χ1v) is 5.57. The minimum Gasteiger partial charge on any atom is -0.468 e. The molecule has 0 aliphatic rings. The van der Waals surface area contributed by atoms with Crippen LogP contribution in [0.25, 0.3) is 0 Å². The van der Waals surface area contributed by atoms with Gasteiger partial charge in [0, 0.05) is 12.7 Å². The van der Waals surface area contributed by atoms with Gasteiger partial charge in [-0.3, -0.25) is 9.78 Å². The molecular weight excluding hydrogens is 238 g/mol. The fraction of sp³-hybridized carbons (Fsp3) is 0.364. The summed E-state index contributed by atoms with van der Waals surface area (Å²) >= 11 is 4.93. The lowest BCUT2D eigenvalue weighted by atomic mass is 10.2. The topological polar surface area (TPSA) is 68.5 Å². The third-order valence-electron chi connectivity index (χ3n) is 2.29. The summed E-state index contributed by atoms with van der Waals surface area (Å²) in [5.74, 6) is -0.315. The van der Waals surface area contributed by atoms with E-state index in [1.807, 2.05) is 17.9 Å². The zero-order valence-electron chi connectivity index (χ0n) is 9.84. The second-order valence-corrected chi connectivity index (χ2v) is 3.77. The molecule has 0 radical (unpaired) electrons. The first kappa shape index (κ1) is 13.4. The second-order valence-electron chi connectivity index (χ2n) is 3.33. The van der Waals surface area contributed by atoms with Gasteiger partial charge >= 0.3 is 5.97 Å². The van der Waals surface area contributed by atoms with Gasteiger partial charge in [0.05, 0.1) is 12.8 Å². The van der Waals surface area contributed by atoms with Crippen molar-refractivity contribution in [2.45, 2.75) is 6.92 Å². The fourth-order valence-electron chi connectivity index (χ4n) is 1.43. The highest BCUT2D eigenvalue weighted by Crippen LogP contribution is 2.17. The molecule has 0 spiro atoms. The number of carbonyl (C=O) groups excluding carboxylic acids is 1. The Morgan fingerprint density at radius 2 is 2.35 bits per heavy atom. The Bertz CT molecular complexity index is 423. The molecule has 0 bridgehead atoms. The number of aromatic nitrogens is 1. The molecule has 2 N–H and O–H groups in total. The maximum atomic E-state index is 11.3. The van der Waals surface area contributed by atoms with E-state index < -0.39 is 0 Å². The third kappa shape index (κ3) is 3.39. The van der Waals surface area contributed by atoms with Crippen LogP contribution in [0.3, 0.4) is 0 Å². The lowest BCUT2D eigenvalue weighted by molar-refractivity contribution is -0.138. The molecule has 5 nitrogen and oxygen atoms in total. The molecule has 0 saturated carbocycles. The van der Waals surface area contributed by atoms with E-state index in [2.05, 4.69) is 9.72 Å². The van der Waals surface area contributed by atoms with Crippen LogP contribution >= 0.6 is 12.2 Å². The first-order chi connectivity index (χ1) is 8.10. The number of esters is 1. The van der Waals surface area contributed by atoms with Crippen LogP contribution in [-0.4, -0.2) is 36.1 Å². The molecular formula is C11H15N3O2S. The van der Waals surface area contributed by atoms with Crippen LogP contribution in [0.2, 0.25) is 0 Å². The number of hydrogen-bond donors (Lipinski definition) is 1. The van der Waals surface area contributed by atoms with Crippen LogP contribution in [0.15, 0.2) is 18.3 Å². The molecule has 0 fully saturated rings. The lowest BCUT2D eigenvalue weighted by Crippen LogP contribution is -2.32. The summed E-state index contributed by atoms with van der Waals surface area (Å²) in [6.07, 6.45) is 1.62. The van der Waals surface area contributed by atoms with E-state index in [0.717, 1.165) is 5.69 Å². The zero-order valence-corrected chi connectivity index (χ0v) is 10.7. The van der Waals surface area contributed by atoms with Gasteiger partial charge in [-0.15, -0.1) is 0 Å². The molecule has 0 aliphatic heterocycles. The number of thiocarbonyl (C=S) groups is 1. The maximum Gasteiger partial charge on any atom is 0.325 e. The van der Waals surface area contributed by atoms with Crippen LogP contribution in [0.4, 0.5) is 5.69 Å². The van der Waals surface area contributed by atoms with Gasteiger partial charge in [0.25, 0.3) is 0 Å². The Labute approximate surface area is 106 Å². The van der Waals surface area contributed by atoms with Gasteiger partial charge < -0.3 is 15.4 Å². The van der Waals surface area contributed by atoms with Gasteiger partial charge in [0.2, 0.25) is 0 Å². The van der Waals surface area contributed by atoms with E-state index in [9.17, 15) is 4.79 Å². The summed E-state index contributed by atoms with van der Waals surface area (Å²) in [6, 6.07) is 3.60. The largest absolute Gasteiger partial charge is 0.468 e. The average Bonchev–Trinajstić information content (AvgIpc) is 2.35. The highest BCUT2D eigenvalue weighted by molar-refractivity contribution is 7.80. The van der Waals surface area contributed by atoms with Crippen molar-refractivity contribution in [1.29, 1.82) is 0 Å². The summed E-state index contributed by atoms with van der Waals surface area (Å²) in [5.41, 5.74) is 6.86. The first-order valence-electron chi connectivity index (χ1n) is 5.16. The quantitative estimate of drug-likeness (QED) is 0.616. The number of rotatable bonds is 5. The van der Waals surface area contributed by atoms with Gasteiger partial charge in [-0.05, 0) is 19.1 Å². The molecule has 1 rings (SSSR count). The Hall–Kier alpha value is -1.69. The van der Waals surface area contributed by atoms with Crippen LogP contribution in [0.5, 0.6) is 0 Å². The Kier molecular flexibility index (Phi) is 4.84. The molecule has 6 heteroatoms. The number of likely N-dealkylation sites (N-methyl/N-ethyl adjacent to an activating group) is 1. The molecule has 0 aliphatic carbocycles. The van der Waals surface area contributed by atoms with E-state index in [-0.39, 0.29) is 17.5 Å². The summed E-state index contributed by atoms with van der Waals surface area (Å²) in [4.78, 5) is 17.4. The summed E-state index contributed by atoms with van der Waals surface area (Å²) in [6.45, 7) is 2.71. The van der Waals surface area contributed by atoms with E-state index in [0.29, 0.717) is 12.2 Å². The van der Waals surface area contributed by atoms with Crippen molar-refractivity contribution in [3.05, 3.63) is 24.0 Å². The lowest BCUT2D eigenvalue weighted by Gasteiger charge is -2.23. The number of ether oxygens (including phenoxy) is 1. The monoisotopic (exact) mass is 253 g/mol. The molecule has 92 valence electrons. The number of nitrogens with zero attached hydrogens (tertiary/aromatic N) is 2. The molecule has 0 amide bonds. The summed E-state index contributed by atoms with van der Waals surface area (Å²) < 4.78 is 4.64. The van der Waals surface area contributed by atoms with Crippen molar-refractivity contribution in [3.63, 3.8) is 0 Å².